The molecule has 3 heterocycles. The van der Waals surface area contributed by atoms with Crippen LogP contribution in [-0.2, 0) is 11.8 Å². The Balaban J connectivity index is 1.37. The van der Waals surface area contributed by atoms with E-state index in [-0.39, 0.29) is 23.6 Å². The van der Waals surface area contributed by atoms with Crippen LogP contribution in [-0.4, -0.2) is 40.3 Å². The lowest BCUT2D eigenvalue weighted by Gasteiger charge is -2.31. The minimum atomic E-state index is -0.363. The molecule has 3 amide bonds. The van der Waals surface area contributed by atoms with Crippen LogP contribution in [0.15, 0.2) is 48.0 Å². The third-order valence-electron chi connectivity index (χ3n) is 5.25. The number of carbonyl (C=O) groups is 3. The van der Waals surface area contributed by atoms with Crippen molar-refractivity contribution < 1.29 is 14.4 Å². The third kappa shape index (κ3) is 3.88. The second kappa shape index (κ2) is 8.08. The average Bonchev–Trinajstić information content (AvgIpc) is 3.40. The minimum Gasteiger partial charge on any atom is -0.350 e. The lowest BCUT2D eigenvalue weighted by Crippen LogP contribution is -2.50. The van der Waals surface area contributed by atoms with Crippen LogP contribution in [0.3, 0.4) is 0 Å². The van der Waals surface area contributed by atoms with Crippen molar-refractivity contribution in [3.8, 4) is 0 Å². The maximum Gasteiger partial charge on any atom is 0.271 e. The highest BCUT2D eigenvalue weighted by atomic mass is 32.1. The molecule has 1 unspecified atom stereocenters. The van der Waals surface area contributed by atoms with Gasteiger partial charge >= 0.3 is 0 Å². The second-order valence-corrected chi connectivity index (χ2v) is 8.13. The first kappa shape index (κ1) is 19.2. The molecule has 150 valence electrons. The molecule has 1 aliphatic rings. The average molecular weight is 410 g/mol. The molecule has 3 aromatic rings. The number of nitrogens with one attached hydrogen (secondary N) is 2. The van der Waals surface area contributed by atoms with Crippen molar-refractivity contribution >= 4 is 40.0 Å². The van der Waals surface area contributed by atoms with E-state index in [2.05, 4.69) is 10.9 Å². The maximum absolute atomic E-state index is 12.6. The van der Waals surface area contributed by atoms with Gasteiger partial charge in [-0.3, -0.25) is 25.2 Å². The van der Waals surface area contributed by atoms with Crippen molar-refractivity contribution in [2.24, 2.45) is 13.0 Å². The van der Waals surface area contributed by atoms with Crippen LogP contribution in [0.4, 0.5) is 0 Å². The lowest BCUT2D eigenvalue weighted by molar-refractivity contribution is -0.127. The summed E-state index contributed by atoms with van der Waals surface area (Å²) < 4.78 is 1.88. The van der Waals surface area contributed by atoms with Gasteiger partial charge in [0.25, 0.3) is 11.8 Å². The van der Waals surface area contributed by atoms with Crippen LogP contribution in [0.5, 0.6) is 0 Å². The van der Waals surface area contributed by atoms with Crippen LogP contribution >= 0.6 is 11.3 Å². The molecule has 0 bridgehead atoms. The number of fused-ring (bicyclic) bond motifs is 1. The van der Waals surface area contributed by atoms with E-state index in [9.17, 15) is 14.4 Å². The molecule has 0 radical (unpaired) electrons. The van der Waals surface area contributed by atoms with Gasteiger partial charge in [0, 0.05) is 37.2 Å². The van der Waals surface area contributed by atoms with Gasteiger partial charge in [0.1, 0.15) is 0 Å². The fraction of sp³-hybridized carbons (Fsp3) is 0.286. The predicted molar refractivity (Wildman–Crippen MR) is 111 cm³/mol. The Hall–Kier alpha value is -3.13. The maximum atomic E-state index is 12.6. The Morgan fingerprint density at radius 2 is 1.93 bits per heavy atom. The normalized spacial score (nSPS) is 16.6. The Kier molecular flexibility index (Phi) is 5.35. The summed E-state index contributed by atoms with van der Waals surface area (Å²) in [5.74, 6) is -1.03. The number of thiophene rings is 1. The Bertz CT molecular complexity index is 1060. The number of hydrogen-bond acceptors (Lipinski definition) is 4. The fourth-order valence-electron chi connectivity index (χ4n) is 3.74. The van der Waals surface area contributed by atoms with Crippen molar-refractivity contribution in [3.63, 3.8) is 0 Å². The SMILES string of the molecule is Cn1cc(C(=O)NNC(=O)C2CCCN(C(=O)c3cccs3)C2)c2ccccc21. The number of hydrogen-bond donors (Lipinski definition) is 2. The van der Waals surface area contributed by atoms with Gasteiger partial charge in [0.05, 0.1) is 16.4 Å². The van der Waals surface area contributed by atoms with Gasteiger partial charge < -0.3 is 9.47 Å². The Morgan fingerprint density at radius 1 is 1.10 bits per heavy atom. The minimum absolute atomic E-state index is 0.0442. The molecular weight excluding hydrogens is 388 g/mol. The number of piperidine rings is 1. The highest BCUT2D eigenvalue weighted by Crippen LogP contribution is 2.21. The number of aromatic nitrogens is 1. The Morgan fingerprint density at radius 3 is 2.72 bits per heavy atom. The molecule has 1 atom stereocenters. The van der Waals surface area contributed by atoms with Gasteiger partial charge in [0.2, 0.25) is 5.91 Å². The lowest BCUT2D eigenvalue weighted by atomic mass is 9.97. The summed E-state index contributed by atoms with van der Waals surface area (Å²) in [4.78, 5) is 40.1. The molecule has 8 heteroatoms. The number of carbonyl (C=O) groups excluding carboxylic acids is 3. The van der Waals surface area contributed by atoms with Crippen LogP contribution in [0.25, 0.3) is 10.9 Å². The van der Waals surface area contributed by atoms with E-state index in [4.69, 9.17) is 0 Å². The monoisotopic (exact) mass is 410 g/mol. The summed E-state index contributed by atoms with van der Waals surface area (Å²) in [6, 6.07) is 11.2. The highest BCUT2D eigenvalue weighted by Gasteiger charge is 2.29. The summed E-state index contributed by atoms with van der Waals surface area (Å²) in [5.41, 5.74) is 6.50. The fourth-order valence-corrected chi connectivity index (χ4v) is 4.43. The van der Waals surface area contributed by atoms with Gasteiger partial charge in [0.15, 0.2) is 0 Å². The zero-order chi connectivity index (χ0) is 20.4. The van der Waals surface area contributed by atoms with E-state index >= 15 is 0 Å². The summed E-state index contributed by atoms with van der Waals surface area (Å²) >= 11 is 1.40. The van der Waals surface area contributed by atoms with E-state index in [1.165, 1.54) is 11.3 Å². The molecule has 4 rings (SSSR count). The van der Waals surface area contributed by atoms with Gasteiger partial charge in [-0.05, 0) is 30.4 Å². The number of nitrogens with zero attached hydrogens (tertiary/aromatic N) is 2. The molecule has 1 fully saturated rings. The molecule has 2 aromatic heterocycles. The number of amides is 3. The zero-order valence-electron chi connectivity index (χ0n) is 16.1. The Labute approximate surface area is 172 Å². The standard InChI is InChI=1S/C21H22N4O3S/c1-24-13-16(15-7-2-3-8-17(15)24)20(27)23-22-19(26)14-6-4-10-25(12-14)21(28)18-9-5-11-29-18/h2-3,5,7-9,11,13-14H,4,6,10,12H2,1H3,(H,22,26)(H,23,27). The molecule has 1 aromatic carbocycles. The van der Waals surface area contributed by atoms with Crippen molar-refractivity contribution in [2.45, 2.75) is 12.8 Å². The molecule has 0 saturated carbocycles. The number of likely N-dealkylation sites (tertiary alicyclic amines) is 1. The van der Waals surface area contributed by atoms with Crippen LogP contribution in [0, 0.1) is 5.92 Å². The van der Waals surface area contributed by atoms with Crippen molar-refractivity contribution in [2.75, 3.05) is 13.1 Å². The summed E-state index contributed by atoms with van der Waals surface area (Å²) in [6.07, 6.45) is 3.19. The first-order valence-corrected chi connectivity index (χ1v) is 10.4. The van der Waals surface area contributed by atoms with Gasteiger partial charge in [-0.1, -0.05) is 24.3 Å². The molecule has 0 aliphatic carbocycles. The van der Waals surface area contributed by atoms with Crippen molar-refractivity contribution in [1.29, 1.82) is 0 Å². The van der Waals surface area contributed by atoms with Crippen molar-refractivity contribution in [1.82, 2.24) is 20.3 Å². The third-order valence-corrected chi connectivity index (χ3v) is 6.11. The van der Waals surface area contributed by atoms with E-state index in [1.54, 1.807) is 17.2 Å². The first-order chi connectivity index (χ1) is 14.0. The molecule has 1 aliphatic heterocycles. The topological polar surface area (TPSA) is 83.4 Å². The summed E-state index contributed by atoms with van der Waals surface area (Å²) in [6.45, 7) is 0.996. The number of benzene rings is 1. The van der Waals surface area contributed by atoms with E-state index in [0.29, 0.717) is 30.0 Å². The molecule has 0 spiro atoms. The number of hydrazine groups is 1. The van der Waals surface area contributed by atoms with E-state index in [0.717, 1.165) is 17.3 Å². The molecular formula is C21H22N4O3S. The van der Waals surface area contributed by atoms with Gasteiger partial charge in [-0.15, -0.1) is 11.3 Å². The second-order valence-electron chi connectivity index (χ2n) is 7.18. The summed E-state index contributed by atoms with van der Waals surface area (Å²) in [5, 5.41) is 2.69. The first-order valence-electron chi connectivity index (χ1n) is 9.51. The largest absolute Gasteiger partial charge is 0.350 e. The number of aryl methyl sites for hydroxylation is 1. The summed E-state index contributed by atoms with van der Waals surface area (Å²) in [7, 11) is 1.87. The van der Waals surface area contributed by atoms with Crippen LogP contribution < -0.4 is 10.9 Å². The smallest absolute Gasteiger partial charge is 0.271 e. The predicted octanol–water partition coefficient (Wildman–Crippen LogP) is 2.55. The van der Waals surface area contributed by atoms with E-state index < -0.39 is 0 Å². The number of rotatable bonds is 3. The molecule has 2 N–H and O–H groups in total. The zero-order valence-corrected chi connectivity index (χ0v) is 16.9. The van der Waals surface area contributed by atoms with Crippen LogP contribution in [0.2, 0.25) is 0 Å². The van der Waals surface area contributed by atoms with Crippen molar-refractivity contribution in [3.05, 3.63) is 58.4 Å². The number of para-hydroxylation sites is 1. The molecule has 29 heavy (non-hydrogen) atoms. The van der Waals surface area contributed by atoms with E-state index in [1.807, 2.05) is 47.3 Å². The van der Waals surface area contributed by atoms with Gasteiger partial charge in [-0.25, -0.2) is 0 Å². The molecule has 7 nitrogen and oxygen atoms in total. The quantitative estimate of drug-likeness (QED) is 0.651. The van der Waals surface area contributed by atoms with Gasteiger partial charge in [-0.2, -0.15) is 0 Å². The molecule has 1 saturated heterocycles. The highest BCUT2D eigenvalue weighted by molar-refractivity contribution is 7.12. The van der Waals surface area contributed by atoms with Crippen LogP contribution in [0.1, 0.15) is 32.9 Å².